The molecule has 3 unspecified atom stereocenters. The zero-order chi connectivity index (χ0) is 13.4. The summed E-state index contributed by atoms with van der Waals surface area (Å²) >= 11 is 10.3. The van der Waals surface area contributed by atoms with Gasteiger partial charge in [0.05, 0.1) is 17.6 Å². The summed E-state index contributed by atoms with van der Waals surface area (Å²) in [7, 11) is 0. The lowest BCUT2D eigenvalue weighted by Gasteiger charge is -2.20. The zero-order valence-corrected chi connectivity index (χ0v) is 13.1. The smallest absolute Gasteiger partial charge is 0.0853 e. The molecule has 1 fully saturated rings. The number of alkyl halides is 1. The largest absolute Gasteiger partial charge is 0.373 e. The van der Waals surface area contributed by atoms with E-state index >= 15 is 0 Å². The van der Waals surface area contributed by atoms with E-state index in [1.54, 1.807) is 0 Å². The average molecular weight is 340 g/mol. The van der Waals surface area contributed by atoms with Gasteiger partial charge in [-0.05, 0) is 42.2 Å². The van der Waals surface area contributed by atoms with Crippen LogP contribution in [-0.2, 0) is 4.74 Å². The minimum absolute atomic E-state index is 0.0806. The van der Waals surface area contributed by atoms with Crippen molar-refractivity contribution in [3.8, 4) is 0 Å². The van der Waals surface area contributed by atoms with Gasteiger partial charge in [-0.25, -0.2) is 0 Å². The Hall–Kier alpha value is -0.570. The second-order valence-corrected chi connectivity index (χ2v) is 6.47. The Balaban J connectivity index is 2.03. The third-order valence-electron chi connectivity index (χ3n) is 3.79. The molecule has 0 aromatic heterocycles. The number of fused-ring (bicyclic) bond motifs is 1. The van der Waals surface area contributed by atoms with Gasteiger partial charge < -0.3 is 4.74 Å². The van der Waals surface area contributed by atoms with Crippen LogP contribution in [0.1, 0.15) is 30.7 Å². The molecule has 0 amide bonds. The van der Waals surface area contributed by atoms with Crippen molar-refractivity contribution in [3.05, 3.63) is 46.4 Å². The van der Waals surface area contributed by atoms with Crippen LogP contribution < -0.4 is 0 Å². The molecular weight excluding hydrogens is 324 g/mol. The van der Waals surface area contributed by atoms with Gasteiger partial charge in [0.25, 0.3) is 0 Å². The number of rotatable bonds is 2. The predicted molar refractivity (Wildman–Crippen MR) is 83.8 cm³/mol. The van der Waals surface area contributed by atoms with Crippen LogP contribution in [-0.4, -0.2) is 12.2 Å². The number of hydrogen-bond acceptors (Lipinski definition) is 1. The van der Waals surface area contributed by atoms with Crippen LogP contribution in [0.2, 0.25) is 0 Å². The average Bonchev–Trinajstić information content (AvgIpc) is 2.86. The van der Waals surface area contributed by atoms with Gasteiger partial charge in [-0.15, -0.1) is 11.6 Å². The standard InChI is InChI=1S/C16H16BrClO/c1-10-6-9-15(19-10)16(18)13-7-8-14(17)12-5-3-2-4-11(12)13/h2-5,7-8,10,15-16H,6,9H2,1H3. The molecule has 1 nitrogen and oxygen atoms in total. The SMILES string of the molecule is CC1CCC(C(Cl)c2ccc(Br)c3ccccc23)O1. The molecule has 2 aromatic carbocycles. The Labute approximate surface area is 127 Å². The molecule has 0 saturated carbocycles. The summed E-state index contributed by atoms with van der Waals surface area (Å²) in [5.74, 6) is 0. The number of halogens is 2. The topological polar surface area (TPSA) is 9.23 Å². The van der Waals surface area contributed by atoms with Crippen molar-refractivity contribution in [1.29, 1.82) is 0 Å². The highest BCUT2D eigenvalue weighted by molar-refractivity contribution is 9.10. The van der Waals surface area contributed by atoms with E-state index in [4.69, 9.17) is 16.3 Å². The lowest BCUT2D eigenvalue weighted by atomic mass is 9.98. The van der Waals surface area contributed by atoms with Crippen molar-refractivity contribution < 1.29 is 4.74 Å². The molecule has 2 aromatic rings. The van der Waals surface area contributed by atoms with Crippen molar-refractivity contribution >= 4 is 38.3 Å². The van der Waals surface area contributed by atoms with E-state index in [1.807, 2.05) is 6.07 Å². The van der Waals surface area contributed by atoms with E-state index in [2.05, 4.69) is 53.2 Å². The molecule has 0 aliphatic carbocycles. The monoisotopic (exact) mass is 338 g/mol. The maximum absolute atomic E-state index is 6.67. The Morgan fingerprint density at radius 2 is 1.89 bits per heavy atom. The van der Waals surface area contributed by atoms with E-state index in [-0.39, 0.29) is 11.5 Å². The van der Waals surface area contributed by atoms with Gasteiger partial charge in [0.1, 0.15) is 0 Å². The summed E-state index contributed by atoms with van der Waals surface area (Å²) < 4.78 is 7.02. The summed E-state index contributed by atoms with van der Waals surface area (Å²) in [5.41, 5.74) is 1.17. The van der Waals surface area contributed by atoms with Gasteiger partial charge in [-0.2, -0.15) is 0 Å². The van der Waals surface area contributed by atoms with Crippen molar-refractivity contribution in [2.45, 2.75) is 37.4 Å². The molecule has 0 N–H and O–H groups in total. The lowest BCUT2D eigenvalue weighted by Crippen LogP contribution is -2.15. The molecular formula is C16H16BrClO. The normalized spacial score (nSPS) is 24.8. The van der Waals surface area contributed by atoms with E-state index < -0.39 is 0 Å². The van der Waals surface area contributed by atoms with Gasteiger partial charge in [0, 0.05) is 4.47 Å². The van der Waals surface area contributed by atoms with Crippen molar-refractivity contribution in [2.75, 3.05) is 0 Å². The van der Waals surface area contributed by atoms with Crippen LogP contribution in [0.15, 0.2) is 40.9 Å². The first-order valence-corrected chi connectivity index (χ1v) is 7.86. The molecule has 3 rings (SSSR count). The first-order chi connectivity index (χ1) is 9.16. The van der Waals surface area contributed by atoms with E-state index in [1.165, 1.54) is 16.3 Å². The van der Waals surface area contributed by atoms with E-state index in [9.17, 15) is 0 Å². The molecule has 1 aliphatic rings. The molecule has 3 heteroatoms. The van der Waals surface area contributed by atoms with E-state index in [0.717, 1.165) is 17.3 Å². The summed E-state index contributed by atoms with van der Waals surface area (Å²) in [6, 6.07) is 12.5. The van der Waals surface area contributed by atoms with Gasteiger partial charge in [0.15, 0.2) is 0 Å². The van der Waals surface area contributed by atoms with Crippen LogP contribution in [0.4, 0.5) is 0 Å². The Morgan fingerprint density at radius 1 is 1.16 bits per heavy atom. The molecule has 0 radical (unpaired) electrons. The molecule has 19 heavy (non-hydrogen) atoms. The highest BCUT2D eigenvalue weighted by atomic mass is 79.9. The van der Waals surface area contributed by atoms with Gasteiger partial charge in [-0.1, -0.05) is 46.3 Å². The Morgan fingerprint density at radius 3 is 2.58 bits per heavy atom. The van der Waals surface area contributed by atoms with Crippen molar-refractivity contribution in [1.82, 2.24) is 0 Å². The van der Waals surface area contributed by atoms with Crippen molar-refractivity contribution in [2.24, 2.45) is 0 Å². The minimum atomic E-state index is -0.0806. The summed E-state index contributed by atoms with van der Waals surface area (Å²) in [6.07, 6.45) is 2.59. The zero-order valence-electron chi connectivity index (χ0n) is 10.8. The number of hydrogen-bond donors (Lipinski definition) is 0. The fourth-order valence-corrected chi connectivity index (χ4v) is 3.63. The first kappa shape index (κ1) is 13.4. The fourth-order valence-electron chi connectivity index (χ4n) is 2.78. The number of benzene rings is 2. The van der Waals surface area contributed by atoms with Crippen LogP contribution in [0.25, 0.3) is 10.8 Å². The maximum Gasteiger partial charge on any atom is 0.0853 e. The lowest BCUT2D eigenvalue weighted by molar-refractivity contribution is 0.0535. The molecule has 3 atom stereocenters. The Kier molecular flexibility index (Phi) is 3.84. The van der Waals surface area contributed by atoms with Gasteiger partial charge in [-0.3, -0.25) is 0 Å². The third-order valence-corrected chi connectivity index (χ3v) is 5.00. The molecule has 1 heterocycles. The highest BCUT2D eigenvalue weighted by Gasteiger charge is 2.30. The van der Waals surface area contributed by atoms with Crippen LogP contribution in [0.3, 0.4) is 0 Å². The maximum atomic E-state index is 6.67. The number of ether oxygens (including phenoxy) is 1. The van der Waals surface area contributed by atoms with Crippen LogP contribution >= 0.6 is 27.5 Å². The third kappa shape index (κ3) is 2.54. The van der Waals surface area contributed by atoms with Gasteiger partial charge >= 0.3 is 0 Å². The first-order valence-electron chi connectivity index (χ1n) is 6.63. The van der Waals surface area contributed by atoms with Crippen molar-refractivity contribution in [3.63, 3.8) is 0 Å². The van der Waals surface area contributed by atoms with Gasteiger partial charge in [0.2, 0.25) is 0 Å². The summed E-state index contributed by atoms with van der Waals surface area (Å²) in [5, 5.41) is 2.33. The molecule has 0 spiro atoms. The summed E-state index contributed by atoms with van der Waals surface area (Å²) in [6.45, 7) is 2.11. The second-order valence-electron chi connectivity index (χ2n) is 5.15. The van der Waals surface area contributed by atoms with Crippen LogP contribution in [0, 0.1) is 0 Å². The second kappa shape index (κ2) is 5.43. The highest BCUT2D eigenvalue weighted by Crippen LogP contribution is 2.39. The molecule has 0 bridgehead atoms. The van der Waals surface area contributed by atoms with Crippen LogP contribution in [0.5, 0.6) is 0 Å². The molecule has 100 valence electrons. The molecule has 1 aliphatic heterocycles. The Bertz CT molecular complexity index is 598. The fraction of sp³-hybridized carbons (Fsp3) is 0.375. The van der Waals surface area contributed by atoms with E-state index in [0.29, 0.717) is 6.10 Å². The quantitative estimate of drug-likeness (QED) is 0.661. The predicted octanol–water partition coefficient (Wildman–Crippen LogP) is 5.45. The molecule has 1 saturated heterocycles. The minimum Gasteiger partial charge on any atom is -0.373 e. The summed E-state index contributed by atoms with van der Waals surface area (Å²) in [4.78, 5) is 0.